The number of carbonyl (C=O) groups is 2. The lowest BCUT2D eigenvalue weighted by molar-refractivity contribution is -0.141. The maximum atomic E-state index is 13.5. The molecule has 1 atom stereocenters. The average molecular weight is 485 g/mol. The summed E-state index contributed by atoms with van der Waals surface area (Å²) in [6.07, 6.45) is 3.48. The van der Waals surface area contributed by atoms with Crippen LogP contribution in [0.4, 0.5) is 5.82 Å². The molecule has 0 unspecified atom stereocenters. The summed E-state index contributed by atoms with van der Waals surface area (Å²) in [7, 11) is 7.14. The van der Waals surface area contributed by atoms with E-state index in [0.717, 1.165) is 49.0 Å². The first-order chi connectivity index (χ1) is 16.9. The van der Waals surface area contributed by atoms with Gasteiger partial charge in [-0.05, 0) is 43.9 Å². The van der Waals surface area contributed by atoms with E-state index in [0.29, 0.717) is 49.7 Å². The van der Waals surface area contributed by atoms with Crippen LogP contribution < -0.4 is 14.4 Å². The molecule has 9 nitrogen and oxygen atoms in total. The number of ether oxygens (including phenoxy) is 3. The summed E-state index contributed by atoms with van der Waals surface area (Å²) in [5.74, 6) is 2.33. The van der Waals surface area contributed by atoms with E-state index in [1.165, 1.54) is 0 Å². The molecule has 2 aliphatic heterocycles. The van der Waals surface area contributed by atoms with Crippen molar-refractivity contribution >= 4 is 28.5 Å². The molecule has 1 aromatic carbocycles. The standard InChI is InChI=1S/C26H36N4O5/c1-28(2)25-18(16-19-20(33-3)10-11-21(34-4)24(19)27-25)17-30(26(32)22-8-6-15-35-22)14-7-13-29-12-5-9-23(29)31/h10-11,16,22H,5-9,12-15,17H2,1-4H3/t22-/m0/s1. The Morgan fingerprint density at radius 3 is 2.60 bits per heavy atom. The second kappa shape index (κ2) is 11.1. The first-order valence-corrected chi connectivity index (χ1v) is 12.3. The van der Waals surface area contributed by atoms with Gasteiger partial charge in [0.05, 0.1) is 14.2 Å². The van der Waals surface area contributed by atoms with Crippen LogP contribution in [0.1, 0.15) is 37.7 Å². The van der Waals surface area contributed by atoms with E-state index in [2.05, 4.69) is 0 Å². The number of anilines is 1. The minimum Gasteiger partial charge on any atom is -0.496 e. The number of nitrogens with zero attached hydrogens (tertiary/aromatic N) is 4. The maximum Gasteiger partial charge on any atom is 0.252 e. The minimum atomic E-state index is -0.408. The minimum absolute atomic E-state index is 0.00217. The Bertz CT molecular complexity index is 1070. The monoisotopic (exact) mass is 484 g/mol. The van der Waals surface area contributed by atoms with Crippen molar-refractivity contribution in [2.75, 3.05) is 59.5 Å². The zero-order valence-corrected chi connectivity index (χ0v) is 21.2. The van der Waals surface area contributed by atoms with Gasteiger partial charge in [-0.15, -0.1) is 0 Å². The second-order valence-electron chi connectivity index (χ2n) is 9.33. The van der Waals surface area contributed by atoms with Crippen LogP contribution in [0.5, 0.6) is 11.5 Å². The molecule has 2 aliphatic rings. The molecule has 0 aliphatic carbocycles. The fourth-order valence-electron chi connectivity index (χ4n) is 4.93. The van der Waals surface area contributed by atoms with Crippen molar-refractivity contribution in [1.29, 1.82) is 0 Å². The van der Waals surface area contributed by atoms with Gasteiger partial charge in [-0.3, -0.25) is 9.59 Å². The van der Waals surface area contributed by atoms with Gasteiger partial charge < -0.3 is 28.9 Å². The van der Waals surface area contributed by atoms with Gasteiger partial charge >= 0.3 is 0 Å². The van der Waals surface area contributed by atoms with E-state index in [1.54, 1.807) is 14.2 Å². The van der Waals surface area contributed by atoms with E-state index in [9.17, 15) is 9.59 Å². The van der Waals surface area contributed by atoms with Crippen molar-refractivity contribution in [1.82, 2.24) is 14.8 Å². The van der Waals surface area contributed by atoms with Gasteiger partial charge in [-0.1, -0.05) is 0 Å². The van der Waals surface area contributed by atoms with Crippen LogP contribution >= 0.6 is 0 Å². The molecule has 9 heteroatoms. The molecule has 0 saturated carbocycles. The van der Waals surface area contributed by atoms with Gasteiger partial charge in [-0.2, -0.15) is 0 Å². The van der Waals surface area contributed by atoms with E-state index in [1.807, 2.05) is 47.0 Å². The van der Waals surface area contributed by atoms with E-state index in [4.69, 9.17) is 19.2 Å². The van der Waals surface area contributed by atoms with Crippen molar-refractivity contribution in [3.05, 3.63) is 23.8 Å². The number of benzene rings is 1. The summed E-state index contributed by atoms with van der Waals surface area (Å²) in [5.41, 5.74) is 1.63. The first-order valence-electron chi connectivity index (χ1n) is 12.3. The third kappa shape index (κ3) is 5.45. The average Bonchev–Trinajstić information content (AvgIpc) is 3.54. The first kappa shape index (κ1) is 25.0. The van der Waals surface area contributed by atoms with Crippen LogP contribution in [0.3, 0.4) is 0 Å². The lowest BCUT2D eigenvalue weighted by Crippen LogP contribution is -2.40. The predicted octanol–water partition coefficient (Wildman–Crippen LogP) is 2.84. The summed E-state index contributed by atoms with van der Waals surface area (Å²) in [4.78, 5) is 36.1. The highest BCUT2D eigenvalue weighted by Gasteiger charge is 2.30. The highest BCUT2D eigenvalue weighted by Crippen LogP contribution is 2.35. The lowest BCUT2D eigenvalue weighted by Gasteiger charge is -2.28. The summed E-state index contributed by atoms with van der Waals surface area (Å²) in [6, 6.07) is 5.75. The number of aromatic nitrogens is 1. The number of rotatable bonds is 10. The quantitative estimate of drug-likeness (QED) is 0.513. The second-order valence-corrected chi connectivity index (χ2v) is 9.33. The molecule has 2 saturated heterocycles. The molecule has 0 N–H and O–H groups in total. The molecule has 0 radical (unpaired) electrons. The number of pyridine rings is 1. The fraction of sp³-hybridized carbons (Fsp3) is 0.577. The van der Waals surface area contributed by atoms with Crippen LogP contribution in [0.25, 0.3) is 10.9 Å². The summed E-state index contributed by atoms with van der Waals surface area (Å²) < 4.78 is 16.9. The third-order valence-corrected chi connectivity index (χ3v) is 6.73. The fourth-order valence-corrected chi connectivity index (χ4v) is 4.93. The zero-order valence-electron chi connectivity index (χ0n) is 21.2. The molecule has 190 valence electrons. The van der Waals surface area contributed by atoms with Gasteiger partial charge in [0.1, 0.15) is 28.9 Å². The molecule has 2 amide bonds. The SMILES string of the molecule is COc1ccc(OC)c2nc(N(C)C)c(CN(CCCN3CCCC3=O)C(=O)[C@@H]3CCCO3)cc12. The number of hydrogen-bond donors (Lipinski definition) is 0. The number of hydrogen-bond acceptors (Lipinski definition) is 7. The highest BCUT2D eigenvalue weighted by atomic mass is 16.5. The molecule has 35 heavy (non-hydrogen) atoms. The topological polar surface area (TPSA) is 84.4 Å². The Hall–Kier alpha value is -3.07. The largest absolute Gasteiger partial charge is 0.496 e. The Balaban J connectivity index is 1.64. The molecular formula is C26H36N4O5. The van der Waals surface area contributed by atoms with E-state index in [-0.39, 0.29) is 11.8 Å². The number of likely N-dealkylation sites (tertiary alicyclic amines) is 1. The van der Waals surface area contributed by atoms with Crippen LogP contribution in [-0.4, -0.2) is 87.3 Å². The van der Waals surface area contributed by atoms with Crippen LogP contribution in [0.2, 0.25) is 0 Å². The Kier molecular flexibility index (Phi) is 7.95. The third-order valence-electron chi connectivity index (χ3n) is 6.73. The molecule has 2 fully saturated rings. The van der Waals surface area contributed by atoms with Gasteiger partial charge in [0.2, 0.25) is 5.91 Å². The van der Waals surface area contributed by atoms with Gasteiger partial charge in [0, 0.05) is 64.3 Å². The molecule has 2 aromatic rings. The van der Waals surface area contributed by atoms with Crippen LogP contribution in [0.15, 0.2) is 18.2 Å². The Morgan fingerprint density at radius 2 is 1.97 bits per heavy atom. The van der Waals surface area contributed by atoms with Crippen molar-refractivity contribution in [2.24, 2.45) is 0 Å². The van der Waals surface area contributed by atoms with Crippen molar-refractivity contribution in [2.45, 2.75) is 44.8 Å². The molecule has 0 spiro atoms. The summed E-state index contributed by atoms with van der Waals surface area (Å²) in [5, 5.41) is 0.833. The van der Waals surface area contributed by atoms with Gasteiger partial charge in [-0.25, -0.2) is 4.98 Å². The zero-order chi connectivity index (χ0) is 24.9. The number of methoxy groups -OCH3 is 2. The normalized spacial score (nSPS) is 17.8. The highest BCUT2D eigenvalue weighted by molar-refractivity contribution is 5.92. The predicted molar refractivity (Wildman–Crippen MR) is 134 cm³/mol. The van der Waals surface area contributed by atoms with E-state index >= 15 is 0 Å². The Morgan fingerprint density at radius 1 is 1.20 bits per heavy atom. The molecule has 0 bridgehead atoms. The number of amides is 2. The van der Waals surface area contributed by atoms with Crippen molar-refractivity contribution in [3.63, 3.8) is 0 Å². The van der Waals surface area contributed by atoms with E-state index < -0.39 is 6.10 Å². The van der Waals surface area contributed by atoms with Crippen LogP contribution in [0, 0.1) is 0 Å². The summed E-state index contributed by atoms with van der Waals surface area (Å²) >= 11 is 0. The molecule has 4 rings (SSSR count). The lowest BCUT2D eigenvalue weighted by atomic mass is 10.1. The molecule has 3 heterocycles. The maximum absolute atomic E-state index is 13.5. The van der Waals surface area contributed by atoms with Crippen molar-refractivity contribution < 1.29 is 23.8 Å². The smallest absolute Gasteiger partial charge is 0.252 e. The van der Waals surface area contributed by atoms with Gasteiger partial charge in [0.15, 0.2) is 0 Å². The molecule has 1 aromatic heterocycles. The molecular weight excluding hydrogens is 448 g/mol. The summed E-state index contributed by atoms with van der Waals surface area (Å²) in [6.45, 7) is 3.02. The number of fused-ring (bicyclic) bond motifs is 1. The van der Waals surface area contributed by atoms with Crippen LogP contribution in [-0.2, 0) is 20.9 Å². The van der Waals surface area contributed by atoms with Gasteiger partial charge in [0.25, 0.3) is 5.91 Å². The van der Waals surface area contributed by atoms with Crippen molar-refractivity contribution in [3.8, 4) is 11.5 Å². The number of carbonyl (C=O) groups excluding carboxylic acids is 2. The Labute approximate surface area is 206 Å².